The number of carbonyl (C=O) groups is 1. The second kappa shape index (κ2) is 6.93. The molecule has 3 N–H and O–H groups in total. The van der Waals surface area contributed by atoms with Gasteiger partial charge in [-0.3, -0.25) is 4.79 Å². The zero-order chi connectivity index (χ0) is 12.7. The lowest BCUT2D eigenvalue weighted by Crippen LogP contribution is -2.56. The van der Waals surface area contributed by atoms with E-state index in [9.17, 15) is 4.79 Å². The van der Waals surface area contributed by atoms with Gasteiger partial charge in [0.05, 0.1) is 19.3 Å². The highest BCUT2D eigenvalue weighted by Gasteiger charge is 2.31. The minimum absolute atomic E-state index is 0.179. The number of hydrogen-bond acceptors (Lipinski definition) is 4. The standard InChI is InChI=1S/C12H24N2O3/c1-3-6-14-12(2,11(13)15)9-16-8-10-5-4-7-17-10/h10,14H,3-9H2,1-2H3,(H2,13,15). The molecule has 17 heavy (non-hydrogen) atoms. The molecular formula is C12H24N2O3. The molecule has 5 heteroatoms. The van der Waals surface area contributed by atoms with Crippen LogP contribution in [0.5, 0.6) is 0 Å². The van der Waals surface area contributed by atoms with E-state index in [0.29, 0.717) is 13.2 Å². The SMILES string of the molecule is CCCNC(C)(COCC1CCCO1)C(N)=O. The van der Waals surface area contributed by atoms with E-state index in [1.807, 2.05) is 6.92 Å². The van der Waals surface area contributed by atoms with E-state index < -0.39 is 5.54 Å². The summed E-state index contributed by atoms with van der Waals surface area (Å²) >= 11 is 0. The number of nitrogens with one attached hydrogen (secondary N) is 1. The Kier molecular flexibility index (Phi) is 5.88. The zero-order valence-electron chi connectivity index (χ0n) is 10.8. The number of hydrogen-bond donors (Lipinski definition) is 2. The molecule has 1 amide bonds. The van der Waals surface area contributed by atoms with Crippen LogP contribution in [-0.2, 0) is 14.3 Å². The van der Waals surface area contributed by atoms with Gasteiger partial charge in [-0.2, -0.15) is 0 Å². The first-order chi connectivity index (χ1) is 8.08. The van der Waals surface area contributed by atoms with Gasteiger partial charge < -0.3 is 20.5 Å². The largest absolute Gasteiger partial charge is 0.376 e. The van der Waals surface area contributed by atoms with Gasteiger partial charge in [0.1, 0.15) is 5.54 Å². The van der Waals surface area contributed by atoms with E-state index >= 15 is 0 Å². The van der Waals surface area contributed by atoms with E-state index in [1.54, 1.807) is 6.92 Å². The highest BCUT2D eigenvalue weighted by Crippen LogP contribution is 2.13. The van der Waals surface area contributed by atoms with Crippen molar-refractivity contribution in [1.29, 1.82) is 0 Å². The Bertz CT molecular complexity index is 242. The van der Waals surface area contributed by atoms with Crippen molar-refractivity contribution in [2.45, 2.75) is 44.8 Å². The predicted molar refractivity (Wildman–Crippen MR) is 65.7 cm³/mol. The molecule has 2 unspecified atom stereocenters. The minimum Gasteiger partial charge on any atom is -0.376 e. The van der Waals surface area contributed by atoms with Crippen molar-refractivity contribution in [2.75, 3.05) is 26.4 Å². The Labute approximate surface area is 103 Å². The van der Waals surface area contributed by atoms with E-state index in [4.69, 9.17) is 15.2 Å². The van der Waals surface area contributed by atoms with Gasteiger partial charge >= 0.3 is 0 Å². The maximum absolute atomic E-state index is 11.4. The summed E-state index contributed by atoms with van der Waals surface area (Å²) in [6.45, 7) is 6.22. The van der Waals surface area contributed by atoms with Gasteiger partial charge in [0.2, 0.25) is 5.91 Å². The van der Waals surface area contributed by atoms with Gasteiger partial charge in [0, 0.05) is 6.61 Å². The van der Waals surface area contributed by atoms with Crippen LogP contribution in [-0.4, -0.2) is 43.9 Å². The molecule has 0 aliphatic carbocycles. The van der Waals surface area contributed by atoms with Crippen molar-refractivity contribution < 1.29 is 14.3 Å². The number of ether oxygens (including phenoxy) is 2. The fraction of sp³-hybridized carbons (Fsp3) is 0.917. The molecule has 1 aliphatic heterocycles. The van der Waals surface area contributed by atoms with Crippen LogP contribution in [0.25, 0.3) is 0 Å². The lowest BCUT2D eigenvalue weighted by atomic mass is 10.0. The predicted octanol–water partition coefficient (Wildman–Crippen LogP) is 0.426. The monoisotopic (exact) mass is 244 g/mol. The summed E-state index contributed by atoms with van der Waals surface area (Å²) in [5, 5.41) is 3.13. The highest BCUT2D eigenvalue weighted by atomic mass is 16.5. The summed E-state index contributed by atoms with van der Waals surface area (Å²) in [6.07, 6.45) is 3.26. The summed E-state index contributed by atoms with van der Waals surface area (Å²) in [6, 6.07) is 0. The molecule has 0 aromatic rings. The Hall–Kier alpha value is -0.650. The van der Waals surface area contributed by atoms with E-state index in [2.05, 4.69) is 5.32 Å². The van der Waals surface area contributed by atoms with Gasteiger partial charge in [-0.15, -0.1) is 0 Å². The Morgan fingerprint density at radius 2 is 2.41 bits per heavy atom. The number of nitrogens with two attached hydrogens (primary N) is 1. The highest BCUT2D eigenvalue weighted by molar-refractivity contribution is 5.84. The molecule has 0 spiro atoms. The quantitative estimate of drug-likeness (QED) is 0.649. The zero-order valence-corrected chi connectivity index (χ0v) is 10.8. The third-order valence-electron chi connectivity index (χ3n) is 3.03. The molecule has 1 rings (SSSR count). The van der Waals surface area contributed by atoms with Crippen LogP contribution < -0.4 is 11.1 Å². The van der Waals surface area contributed by atoms with Gasteiger partial charge in [-0.1, -0.05) is 6.92 Å². The number of amides is 1. The van der Waals surface area contributed by atoms with Crippen LogP contribution in [0.2, 0.25) is 0 Å². The first-order valence-corrected chi connectivity index (χ1v) is 6.33. The molecule has 0 saturated carbocycles. The first-order valence-electron chi connectivity index (χ1n) is 6.33. The third-order valence-corrected chi connectivity index (χ3v) is 3.03. The molecular weight excluding hydrogens is 220 g/mol. The van der Waals surface area contributed by atoms with Gasteiger partial charge in [0.15, 0.2) is 0 Å². The smallest absolute Gasteiger partial charge is 0.239 e. The van der Waals surface area contributed by atoms with Crippen molar-refractivity contribution in [3.63, 3.8) is 0 Å². The van der Waals surface area contributed by atoms with Crippen LogP contribution >= 0.6 is 0 Å². The van der Waals surface area contributed by atoms with Crippen molar-refractivity contribution in [2.24, 2.45) is 5.73 Å². The molecule has 0 radical (unpaired) electrons. The van der Waals surface area contributed by atoms with Gasteiger partial charge in [0.25, 0.3) is 0 Å². The Morgan fingerprint density at radius 1 is 1.65 bits per heavy atom. The van der Waals surface area contributed by atoms with Crippen molar-refractivity contribution >= 4 is 5.91 Å². The summed E-state index contributed by atoms with van der Waals surface area (Å²) in [5.41, 5.74) is 4.61. The average molecular weight is 244 g/mol. The molecule has 1 saturated heterocycles. The molecule has 0 aromatic heterocycles. The Morgan fingerprint density at radius 3 is 2.94 bits per heavy atom. The molecule has 2 atom stereocenters. The third kappa shape index (κ3) is 4.61. The minimum atomic E-state index is -0.783. The molecule has 1 fully saturated rings. The molecule has 0 bridgehead atoms. The van der Waals surface area contributed by atoms with Crippen LogP contribution in [0, 0.1) is 0 Å². The summed E-state index contributed by atoms with van der Waals surface area (Å²) in [5.74, 6) is -0.377. The summed E-state index contributed by atoms with van der Waals surface area (Å²) in [4.78, 5) is 11.4. The van der Waals surface area contributed by atoms with Gasteiger partial charge in [-0.05, 0) is 32.7 Å². The molecule has 5 nitrogen and oxygen atoms in total. The van der Waals surface area contributed by atoms with E-state index in [-0.39, 0.29) is 12.0 Å². The van der Waals surface area contributed by atoms with Crippen molar-refractivity contribution in [3.8, 4) is 0 Å². The van der Waals surface area contributed by atoms with Crippen LogP contribution in [0.4, 0.5) is 0 Å². The molecule has 1 heterocycles. The lowest BCUT2D eigenvalue weighted by Gasteiger charge is -2.27. The van der Waals surface area contributed by atoms with Gasteiger partial charge in [-0.25, -0.2) is 0 Å². The second-order valence-electron chi connectivity index (χ2n) is 4.77. The average Bonchev–Trinajstić information content (AvgIpc) is 2.79. The maximum Gasteiger partial charge on any atom is 0.239 e. The Balaban J connectivity index is 2.30. The van der Waals surface area contributed by atoms with Crippen LogP contribution in [0.15, 0.2) is 0 Å². The first kappa shape index (κ1) is 14.4. The van der Waals surface area contributed by atoms with Crippen molar-refractivity contribution in [3.05, 3.63) is 0 Å². The summed E-state index contributed by atoms with van der Waals surface area (Å²) in [7, 11) is 0. The molecule has 0 aromatic carbocycles. The molecule has 1 aliphatic rings. The maximum atomic E-state index is 11.4. The normalized spacial score (nSPS) is 23.5. The second-order valence-corrected chi connectivity index (χ2v) is 4.77. The number of rotatable bonds is 8. The fourth-order valence-corrected chi connectivity index (χ4v) is 1.78. The molecule has 100 valence electrons. The summed E-state index contributed by atoms with van der Waals surface area (Å²) < 4.78 is 11.0. The number of carbonyl (C=O) groups excluding carboxylic acids is 1. The van der Waals surface area contributed by atoms with Crippen molar-refractivity contribution in [1.82, 2.24) is 5.32 Å². The lowest BCUT2D eigenvalue weighted by molar-refractivity contribution is -0.127. The van der Waals surface area contributed by atoms with E-state index in [1.165, 1.54) is 0 Å². The topological polar surface area (TPSA) is 73.6 Å². The van der Waals surface area contributed by atoms with E-state index in [0.717, 1.165) is 32.4 Å². The number of primary amides is 1. The van der Waals surface area contributed by atoms with Crippen LogP contribution in [0.1, 0.15) is 33.1 Å². The van der Waals surface area contributed by atoms with Crippen LogP contribution in [0.3, 0.4) is 0 Å². The fourth-order valence-electron chi connectivity index (χ4n) is 1.78.